The highest BCUT2D eigenvalue weighted by Gasteiger charge is 2.33. The fraction of sp³-hybridized carbons (Fsp3) is 0.917. The smallest absolute Gasteiger partial charge is 0.220 e. The van der Waals surface area contributed by atoms with Crippen molar-refractivity contribution in [1.82, 2.24) is 5.32 Å². The molecule has 1 N–H and O–H groups in total. The number of hydrogen-bond acceptors (Lipinski definition) is 3. The molecule has 0 atom stereocenters. The summed E-state index contributed by atoms with van der Waals surface area (Å²) in [5.74, 6) is 1.08. The first-order valence-corrected chi connectivity index (χ1v) is 7.36. The van der Waals surface area contributed by atoms with Crippen LogP contribution in [-0.4, -0.2) is 38.2 Å². The monoisotopic (exact) mass is 245 g/mol. The topological polar surface area (TPSA) is 38.3 Å². The highest BCUT2D eigenvalue weighted by atomic mass is 32.2. The number of carbonyl (C=O) groups is 1. The summed E-state index contributed by atoms with van der Waals surface area (Å²) in [5.41, 5.74) is 0.212. The molecule has 0 bridgehead atoms. The van der Waals surface area contributed by atoms with Gasteiger partial charge in [-0.3, -0.25) is 4.79 Å². The number of amides is 1. The first kappa shape index (κ1) is 13.8. The van der Waals surface area contributed by atoms with E-state index in [1.807, 2.05) is 6.26 Å². The normalized spacial score (nSPS) is 18.6. The highest BCUT2D eigenvalue weighted by molar-refractivity contribution is 7.98. The SMILES string of the molecule is COCC1(CNC(=O)CCSC)CCCC1. The van der Waals surface area contributed by atoms with Crippen LogP contribution >= 0.6 is 11.8 Å². The number of nitrogens with one attached hydrogen (secondary N) is 1. The zero-order chi connectivity index (χ0) is 11.9. The van der Waals surface area contributed by atoms with Gasteiger partial charge < -0.3 is 10.1 Å². The third kappa shape index (κ3) is 4.34. The number of hydrogen-bond donors (Lipinski definition) is 1. The van der Waals surface area contributed by atoms with Gasteiger partial charge in [0.1, 0.15) is 0 Å². The summed E-state index contributed by atoms with van der Waals surface area (Å²) in [4.78, 5) is 11.5. The largest absolute Gasteiger partial charge is 0.384 e. The minimum Gasteiger partial charge on any atom is -0.384 e. The second kappa shape index (κ2) is 7.17. The fourth-order valence-corrected chi connectivity index (χ4v) is 2.76. The molecule has 0 aromatic carbocycles. The summed E-state index contributed by atoms with van der Waals surface area (Å²) in [6.45, 7) is 1.56. The average Bonchev–Trinajstić information content (AvgIpc) is 2.73. The molecule has 1 fully saturated rings. The molecular formula is C12H23NO2S. The molecule has 1 saturated carbocycles. The minimum absolute atomic E-state index is 0.178. The molecule has 3 nitrogen and oxygen atoms in total. The fourth-order valence-electron chi connectivity index (χ4n) is 2.37. The molecule has 0 aromatic rings. The van der Waals surface area contributed by atoms with Gasteiger partial charge in [0.2, 0.25) is 5.91 Å². The molecule has 0 spiro atoms. The molecule has 1 aliphatic carbocycles. The molecule has 0 heterocycles. The van der Waals surface area contributed by atoms with Crippen LogP contribution in [0.3, 0.4) is 0 Å². The Morgan fingerprint density at radius 1 is 1.44 bits per heavy atom. The maximum atomic E-state index is 11.5. The molecule has 94 valence electrons. The van der Waals surface area contributed by atoms with E-state index in [4.69, 9.17) is 4.74 Å². The molecule has 16 heavy (non-hydrogen) atoms. The molecule has 1 amide bonds. The van der Waals surface area contributed by atoms with Gasteiger partial charge in [-0.2, -0.15) is 11.8 Å². The van der Waals surface area contributed by atoms with Crippen LogP contribution in [0.15, 0.2) is 0 Å². The van der Waals surface area contributed by atoms with Gasteiger partial charge in [-0.25, -0.2) is 0 Å². The van der Waals surface area contributed by atoms with E-state index < -0.39 is 0 Å². The van der Waals surface area contributed by atoms with Gasteiger partial charge in [-0.05, 0) is 19.1 Å². The maximum absolute atomic E-state index is 11.5. The van der Waals surface area contributed by atoms with E-state index in [0.29, 0.717) is 6.42 Å². The van der Waals surface area contributed by atoms with Crippen LogP contribution in [0.5, 0.6) is 0 Å². The quantitative estimate of drug-likeness (QED) is 0.746. The van der Waals surface area contributed by atoms with Crippen LogP contribution in [0.1, 0.15) is 32.1 Å². The van der Waals surface area contributed by atoms with Crippen LogP contribution in [0, 0.1) is 5.41 Å². The van der Waals surface area contributed by atoms with Gasteiger partial charge in [0.15, 0.2) is 0 Å². The molecule has 0 aliphatic heterocycles. The Kier molecular flexibility index (Phi) is 6.21. The van der Waals surface area contributed by atoms with E-state index in [-0.39, 0.29) is 11.3 Å². The standard InChI is InChI=1S/C12H23NO2S/c1-15-10-12(6-3-4-7-12)9-13-11(14)5-8-16-2/h3-10H2,1-2H3,(H,13,14). The van der Waals surface area contributed by atoms with E-state index in [9.17, 15) is 4.79 Å². The van der Waals surface area contributed by atoms with E-state index in [1.54, 1.807) is 18.9 Å². The van der Waals surface area contributed by atoms with Gasteiger partial charge in [-0.15, -0.1) is 0 Å². The highest BCUT2D eigenvalue weighted by Crippen LogP contribution is 2.37. The van der Waals surface area contributed by atoms with Gasteiger partial charge in [0.25, 0.3) is 0 Å². The Labute approximate surface area is 103 Å². The lowest BCUT2D eigenvalue weighted by Gasteiger charge is -2.28. The van der Waals surface area contributed by atoms with Crippen molar-refractivity contribution in [2.45, 2.75) is 32.1 Å². The van der Waals surface area contributed by atoms with E-state index >= 15 is 0 Å². The van der Waals surface area contributed by atoms with Crippen molar-refractivity contribution in [3.63, 3.8) is 0 Å². The number of methoxy groups -OCH3 is 1. The molecule has 0 radical (unpaired) electrons. The lowest BCUT2D eigenvalue weighted by Crippen LogP contribution is -2.38. The molecule has 0 unspecified atom stereocenters. The predicted octanol–water partition coefficient (Wildman–Crippen LogP) is 2.06. The number of thioether (sulfide) groups is 1. The average molecular weight is 245 g/mol. The van der Waals surface area contributed by atoms with Crippen molar-refractivity contribution >= 4 is 17.7 Å². The third-order valence-corrected chi connectivity index (χ3v) is 3.92. The molecule has 4 heteroatoms. The lowest BCUT2D eigenvalue weighted by molar-refractivity contribution is -0.121. The van der Waals surface area contributed by atoms with Crippen LogP contribution in [0.4, 0.5) is 0 Å². The summed E-state index contributed by atoms with van der Waals surface area (Å²) in [7, 11) is 1.75. The van der Waals surface area contributed by atoms with Gasteiger partial charge in [0.05, 0.1) is 6.61 Å². The van der Waals surface area contributed by atoms with Crippen LogP contribution < -0.4 is 5.32 Å². The van der Waals surface area contributed by atoms with E-state index in [1.165, 1.54) is 25.7 Å². The lowest BCUT2D eigenvalue weighted by atomic mass is 9.87. The van der Waals surface area contributed by atoms with Crippen molar-refractivity contribution in [2.24, 2.45) is 5.41 Å². The molecule has 0 saturated heterocycles. The number of rotatable bonds is 7. The molecule has 1 rings (SSSR count). The molecular weight excluding hydrogens is 222 g/mol. The van der Waals surface area contributed by atoms with Crippen molar-refractivity contribution in [3.8, 4) is 0 Å². The van der Waals surface area contributed by atoms with Crippen LogP contribution in [0.2, 0.25) is 0 Å². The Morgan fingerprint density at radius 2 is 2.12 bits per heavy atom. The summed E-state index contributed by atoms with van der Waals surface area (Å²) in [6.07, 6.45) is 7.56. The number of ether oxygens (including phenoxy) is 1. The van der Waals surface area contributed by atoms with Crippen molar-refractivity contribution in [3.05, 3.63) is 0 Å². The molecule has 1 aliphatic rings. The Morgan fingerprint density at radius 3 is 2.69 bits per heavy atom. The second-order valence-corrected chi connectivity index (χ2v) is 5.65. The third-order valence-electron chi connectivity index (χ3n) is 3.31. The van der Waals surface area contributed by atoms with E-state index in [0.717, 1.165) is 18.9 Å². The Balaban J connectivity index is 2.29. The van der Waals surface area contributed by atoms with Gasteiger partial charge in [0, 0.05) is 31.2 Å². The summed E-state index contributed by atoms with van der Waals surface area (Å²) < 4.78 is 5.29. The number of carbonyl (C=O) groups excluding carboxylic acids is 1. The summed E-state index contributed by atoms with van der Waals surface area (Å²) in [6, 6.07) is 0. The molecule has 0 aromatic heterocycles. The van der Waals surface area contributed by atoms with Crippen molar-refractivity contribution in [2.75, 3.05) is 32.3 Å². The van der Waals surface area contributed by atoms with E-state index in [2.05, 4.69) is 5.32 Å². The van der Waals surface area contributed by atoms with Gasteiger partial charge >= 0.3 is 0 Å². The zero-order valence-electron chi connectivity index (χ0n) is 10.4. The maximum Gasteiger partial charge on any atom is 0.220 e. The van der Waals surface area contributed by atoms with Crippen LogP contribution in [0.25, 0.3) is 0 Å². The Hall–Kier alpha value is -0.220. The van der Waals surface area contributed by atoms with Crippen molar-refractivity contribution in [1.29, 1.82) is 0 Å². The first-order valence-electron chi connectivity index (χ1n) is 5.97. The Bertz CT molecular complexity index is 215. The first-order chi connectivity index (χ1) is 7.72. The minimum atomic E-state index is 0.178. The zero-order valence-corrected chi connectivity index (χ0v) is 11.2. The van der Waals surface area contributed by atoms with Crippen LogP contribution in [-0.2, 0) is 9.53 Å². The summed E-state index contributed by atoms with van der Waals surface area (Å²) >= 11 is 1.71. The second-order valence-electron chi connectivity index (χ2n) is 4.66. The van der Waals surface area contributed by atoms with Gasteiger partial charge in [-0.1, -0.05) is 12.8 Å². The predicted molar refractivity (Wildman–Crippen MR) is 68.8 cm³/mol. The van der Waals surface area contributed by atoms with Crippen molar-refractivity contribution < 1.29 is 9.53 Å². The summed E-state index contributed by atoms with van der Waals surface area (Å²) in [5, 5.41) is 3.05.